The Hall–Kier alpha value is -0.600. The number of hydrogen-bond acceptors (Lipinski definition) is 2. The van der Waals surface area contributed by atoms with Gasteiger partial charge in [0, 0.05) is 19.1 Å². The summed E-state index contributed by atoms with van der Waals surface area (Å²) >= 11 is 0. The lowest BCUT2D eigenvalue weighted by molar-refractivity contribution is 0.312. The lowest BCUT2D eigenvalue weighted by Gasteiger charge is -2.25. The predicted octanol–water partition coefficient (Wildman–Crippen LogP) is 1.95. The number of piperidine rings is 1. The quantitative estimate of drug-likeness (QED) is 0.705. The van der Waals surface area contributed by atoms with Crippen LogP contribution in [-0.2, 0) is 0 Å². The number of nitrogens with zero attached hydrogens (tertiary/aromatic N) is 1. The second kappa shape index (κ2) is 4.95. The lowest BCUT2D eigenvalue weighted by Crippen LogP contribution is -2.29. The van der Waals surface area contributed by atoms with E-state index in [1.54, 1.807) is 11.1 Å². The summed E-state index contributed by atoms with van der Waals surface area (Å²) in [6.07, 6.45) is 8.54. The Morgan fingerprint density at radius 3 is 2.73 bits per heavy atom. The first-order valence-electron chi connectivity index (χ1n) is 6.06. The molecule has 0 spiro atoms. The van der Waals surface area contributed by atoms with Crippen LogP contribution in [0.4, 0.5) is 0 Å². The van der Waals surface area contributed by atoms with Gasteiger partial charge in [-0.1, -0.05) is 17.7 Å². The molecular weight excluding hydrogens is 184 g/mol. The zero-order valence-electron chi connectivity index (χ0n) is 9.92. The Bertz CT molecular complexity index is 268. The summed E-state index contributed by atoms with van der Waals surface area (Å²) in [5.74, 6) is 0. The number of rotatable bonds is 1. The molecule has 0 aromatic carbocycles. The smallest absolute Gasteiger partial charge is 0.0227 e. The van der Waals surface area contributed by atoms with Crippen LogP contribution in [0, 0.1) is 0 Å². The maximum absolute atomic E-state index is 3.44. The second-order valence-electron chi connectivity index (χ2n) is 4.84. The minimum atomic E-state index is 0.553. The molecule has 84 valence electrons. The highest BCUT2D eigenvalue weighted by molar-refractivity contribution is 5.27. The molecule has 1 unspecified atom stereocenters. The fraction of sp³-hybridized carbons (Fsp3) is 0.692. The van der Waals surface area contributed by atoms with Crippen molar-refractivity contribution in [3.63, 3.8) is 0 Å². The average Bonchev–Trinajstić information content (AvgIpc) is 2.22. The molecule has 1 atom stereocenters. The molecule has 1 fully saturated rings. The van der Waals surface area contributed by atoms with Gasteiger partial charge in [-0.05, 0) is 45.4 Å². The van der Waals surface area contributed by atoms with Crippen LogP contribution in [0.2, 0.25) is 0 Å². The Labute approximate surface area is 93.0 Å². The topological polar surface area (TPSA) is 15.3 Å². The van der Waals surface area contributed by atoms with Crippen molar-refractivity contribution in [2.45, 2.75) is 32.2 Å². The first kappa shape index (κ1) is 10.9. The van der Waals surface area contributed by atoms with Gasteiger partial charge in [0.1, 0.15) is 0 Å². The van der Waals surface area contributed by atoms with Crippen LogP contribution in [-0.4, -0.2) is 37.6 Å². The largest absolute Gasteiger partial charge is 0.310 e. The van der Waals surface area contributed by atoms with Crippen LogP contribution < -0.4 is 5.32 Å². The van der Waals surface area contributed by atoms with E-state index in [0.29, 0.717) is 6.04 Å². The van der Waals surface area contributed by atoms with Gasteiger partial charge in [0.05, 0.1) is 0 Å². The van der Waals surface area contributed by atoms with E-state index < -0.39 is 0 Å². The first-order chi connectivity index (χ1) is 7.24. The zero-order valence-corrected chi connectivity index (χ0v) is 9.92. The molecule has 0 amide bonds. The maximum Gasteiger partial charge on any atom is 0.0227 e. The molecule has 0 aliphatic carbocycles. The highest BCUT2D eigenvalue weighted by atomic mass is 15.1. The van der Waals surface area contributed by atoms with Crippen LogP contribution in [0.25, 0.3) is 0 Å². The van der Waals surface area contributed by atoms with E-state index in [9.17, 15) is 0 Å². The molecule has 0 aromatic heterocycles. The molecule has 0 saturated carbocycles. The Morgan fingerprint density at radius 1 is 1.33 bits per heavy atom. The van der Waals surface area contributed by atoms with E-state index in [1.165, 1.54) is 32.4 Å². The zero-order chi connectivity index (χ0) is 10.7. The summed E-state index contributed by atoms with van der Waals surface area (Å²) < 4.78 is 0. The van der Waals surface area contributed by atoms with Crippen LogP contribution in [0.5, 0.6) is 0 Å². The molecular formula is C13H22N2. The lowest BCUT2D eigenvalue weighted by atomic mass is 9.97. The van der Waals surface area contributed by atoms with Crippen molar-refractivity contribution in [2.24, 2.45) is 0 Å². The number of hydrogen-bond donors (Lipinski definition) is 1. The molecule has 2 heteroatoms. The summed E-state index contributed by atoms with van der Waals surface area (Å²) in [5, 5.41) is 3.44. The third kappa shape index (κ3) is 3.18. The van der Waals surface area contributed by atoms with Gasteiger partial charge in [0.25, 0.3) is 0 Å². The van der Waals surface area contributed by atoms with Gasteiger partial charge in [-0.2, -0.15) is 0 Å². The first-order valence-corrected chi connectivity index (χ1v) is 6.06. The van der Waals surface area contributed by atoms with E-state index in [2.05, 4.69) is 36.3 Å². The van der Waals surface area contributed by atoms with Gasteiger partial charge >= 0.3 is 0 Å². The SMILES string of the molecule is CC1C=C(C=C2CCN(C)CC2)CCN1. The Morgan fingerprint density at radius 2 is 2.07 bits per heavy atom. The normalized spacial score (nSPS) is 28.8. The molecule has 2 nitrogen and oxygen atoms in total. The highest BCUT2D eigenvalue weighted by Crippen LogP contribution is 2.19. The van der Waals surface area contributed by atoms with Crippen molar-refractivity contribution in [3.05, 3.63) is 23.3 Å². The number of nitrogens with one attached hydrogen (secondary N) is 1. The third-order valence-electron chi connectivity index (χ3n) is 3.36. The van der Waals surface area contributed by atoms with Crippen LogP contribution in [0.1, 0.15) is 26.2 Å². The van der Waals surface area contributed by atoms with E-state index in [0.717, 1.165) is 6.54 Å². The van der Waals surface area contributed by atoms with Gasteiger partial charge in [0.15, 0.2) is 0 Å². The van der Waals surface area contributed by atoms with Crippen molar-refractivity contribution >= 4 is 0 Å². The minimum Gasteiger partial charge on any atom is -0.310 e. The maximum atomic E-state index is 3.44. The monoisotopic (exact) mass is 206 g/mol. The van der Waals surface area contributed by atoms with Gasteiger partial charge in [-0.15, -0.1) is 0 Å². The number of likely N-dealkylation sites (tertiary alicyclic amines) is 1. The average molecular weight is 206 g/mol. The minimum absolute atomic E-state index is 0.553. The van der Waals surface area contributed by atoms with Crippen LogP contribution in [0.15, 0.2) is 23.3 Å². The molecule has 0 radical (unpaired) electrons. The highest BCUT2D eigenvalue weighted by Gasteiger charge is 2.11. The van der Waals surface area contributed by atoms with E-state index in [-0.39, 0.29) is 0 Å². The van der Waals surface area contributed by atoms with Crippen LogP contribution >= 0.6 is 0 Å². The Balaban J connectivity index is 1.97. The molecule has 2 aliphatic rings. The fourth-order valence-electron chi connectivity index (χ4n) is 2.34. The summed E-state index contributed by atoms with van der Waals surface area (Å²) in [5.41, 5.74) is 3.19. The third-order valence-corrected chi connectivity index (χ3v) is 3.36. The molecule has 2 heterocycles. The van der Waals surface area contributed by atoms with Crippen LogP contribution in [0.3, 0.4) is 0 Å². The molecule has 15 heavy (non-hydrogen) atoms. The van der Waals surface area contributed by atoms with Crippen molar-refractivity contribution < 1.29 is 0 Å². The van der Waals surface area contributed by atoms with Crippen molar-refractivity contribution in [3.8, 4) is 0 Å². The van der Waals surface area contributed by atoms with Gasteiger partial charge in [-0.3, -0.25) is 0 Å². The summed E-state index contributed by atoms with van der Waals surface area (Å²) in [4.78, 5) is 2.41. The van der Waals surface area contributed by atoms with Crippen molar-refractivity contribution in [1.29, 1.82) is 0 Å². The molecule has 0 aromatic rings. The molecule has 0 bridgehead atoms. The molecule has 1 N–H and O–H groups in total. The molecule has 2 aliphatic heterocycles. The summed E-state index contributed by atoms with van der Waals surface area (Å²) in [6.45, 7) is 5.82. The van der Waals surface area contributed by atoms with E-state index in [4.69, 9.17) is 0 Å². The van der Waals surface area contributed by atoms with E-state index >= 15 is 0 Å². The van der Waals surface area contributed by atoms with Gasteiger partial charge in [-0.25, -0.2) is 0 Å². The second-order valence-corrected chi connectivity index (χ2v) is 4.84. The molecule has 2 rings (SSSR count). The summed E-state index contributed by atoms with van der Waals surface area (Å²) in [6, 6.07) is 0.553. The fourth-order valence-corrected chi connectivity index (χ4v) is 2.34. The summed E-state index contributed by atoms with van der Waals surface area (Å²) in [7, 11) is 2.21. The standard InChI is InChI=1S/C13H22N2/c1-11-9-13(3-6-14-11)10-12-4-7-15(2)8-5-12/h9-11,14H,3-8H2,1-2H3. The molecule has 1 saturated heterocycles. The predicted molar refractivity (Wildman–Crippen MR) is 65.0 cm³/mol. The Kier molecular flexibility index (Phi) is 3.60. The van der Waals surface area contributed by atoms with E-state index in [1.807, 2.05) is 0 Å². The van der Waals surface area contributed by atoms with Gasteiger partial charge in [0.2, 0.25) is 0 Å². The number of allylic oxidation sites excluding steroid dienone is 1. The van der Waals surface area contributed by atoms with Crippen molar-refractivity contribution in [2.75, 3.05) is 26.7 Å². The van der Waals surface area contributed by atoms with Gasteiger partial charge < -0.3 is 10.2 Å². The van der Waals surface area contributed by atoms with Crippen molar-refractivity contribution in [1.82, 2.24) is 10.2 Å².